The van der Waals surface area contributed by atoms with E-state index in [0.29, 0.717) is 19.1 Å². The molecule has 0 spiro atoms. The van der Waals surface area contributed by atoms with Gasteiger partial charge in [-0.25, -0.2) is 17.7 Å². The van der Waals surface area contributed by atoms with Gasteiger partial charge in [-0.2, -0.15) is 0 Å². The second-order valence-electron chi connectivity index (χ2n) is 7.18. The summed E-state index contributed by atoms with van der Waals surface area (Å²) in [5.41, 5.74) is 0.148. The van der Waals surface area contributed by atoms with E-state index in [1.54, 1.807) is 15.6 Å². The summed E-state index contributed by atoms with van der Waals surface area (Å²) in [5, 5.41) is 1.14. The van der Waals surface area contributed by atoms with Crippen molar-refractivity contribution < 1.29 is 8.42 Å². The van der Waals surface area contributed by atoms with Crippen molar-refractivity contribution in [3.8, 4) is 0 Å². The molecule has 0 saturated carbocycles. The topological polar surface area (TPSA) is 53.5 Å². The molecule has 2 heterocycles. The minimum atomic E-state index is -3.04. The number of hydrogen-bond acceptors (Lipinski definition) is 5. The third-order valence-corrected chi connectivity index (χ3v) is 6.90. The first-order valence-corrected chi connectivity index (χ1v) is 10.3. The van der Waals surface area contributed by atoms with Crippen molar-refractivity contribution >= 4 is 21.4 Å². The highest BCUT2D eigenvalue weighted by atomic mass is 32.2. The molecule has 1 aromatic heterocycles. The molecule has 5 nitrogen and oxygen atoms in total. The van der Waals surface area contributed by atoms with Crippen molar-refractivity contribution in [3.63, 3.8) is 0 Å². The molecule has 126 valence electrons. The summed E-state index contributed by atoms with van der Waals surface area (Å²) in [7, 11) is -0.932. The predicted octanol–water partition coefficient (Wildman–Crippen LogP) is 2.30. The first-order chi connectivity index (χ1) is 10.1. The Kier molecular flexibility index (Phi) is 5.31. The Morgan fingerprint density at radius 2 is 1.95 bits per heavy atom. The van der Waals surface area contributed by atoms with Crippen LogP contribution in [0.3, 0.4) is 0 Å². The Labute approximate surface area is 138 Å². The summed E-state index contributed by atoms with van der Waals surface area (Å²) >= 11 is 1.78. The third-order valence-electron chi connectivity index (χ3n) is 4.19. The maximum atomic E-state index is 11.6. The van der Waals surface area contributed by atoms with Gasteiger partial charge in [-0.3, -0.25) is 4.90 Å². The molecule has 0 aliphatic carbocycles. The van der Waals surface area contributed by atoms with Gasteiger partial charge in [-0.15, -0.1) is 11.3 Å². The van der Waals surface area contributed by atoms with E-state index in [0.717, 1.165) is 24.4 Å². The van der Waals surface area contributed by atoms with Crippen LogP contribution in [0.2, 0.25) is 0 Å². The molecule has 0 atom stereocenters. The van der Waals surface area contributed by atoms with Crippen molar-refractivity contribution in [2.75, 3.05) is 26.4 Å². The average molecular weight is 346 g/mol. The largest absolute Gasteiger partial charge is 0.297 e. The summed E-state index contributed by atoms with van der Waals surface area (Å²) in [4.78, 5) is 8.16. The minimum absolute atomic E-state index is 0.148. The molecule has 22 heavy (non-hydrogen) atoms. The molecule has 0 unspecified atom stereocenters. The maximum Gasteiger partial charge on any atom is 0.211 e. The van der Waals surface area contributed by atoms with E-state index in [2.05, 4.69) is 37.7 Å². The van der Waals surface area contributed by atoms with E-state index >= 15 is 0 Å². The van der Waals surface area contributed by atoms with Crippen molar-refractivity contribution in [1.29, 1.82) is 0 Å². The molecule has 0 amide bonds. The van der Waals surface area contributed by atoms with Crippen molar-refractivity contribution in [2.24, 2.45) is 0 Å². The fraction of sp³-hybridized carbons (Fsp3) is 0.800. The highest BCUT2D eigenvalue weighted by Crippen LogP contribution is 2.29. The highest BCUT2D eigenvalue weighted by molar-refractivity contribution is 7.88. The second-order valence-corrected chi connectivity index (χ2v) is 10.3. The zero-order valence-electron chi connectivity index (χ0n) is 14.2. The molecule has 2 rings (SSSR count). The number of aromatic nitrogens is 1. The van der Waals surface area contributed by atoms with E-state index in [-0.39, 0.29) is 5.41 Å². The molecule has 0 bridgehead atoms. The van der Waals surface area contributed by atoms with Gasteiger partial charge in [0.15, 0.2) is 0 Å². The molecule has 7 heteroatoms. The monoisotopic (exact) mass is 345 g/mol. The van der Waals surface area contributed by atoms with Gasteiger partial charge < -0.3 is 0 Å². The summed E-state index contributed by atoms with van der Waals surface area (Å²) in [6.45, 7) is 8.70. The minimum Gasteiger partial charge on any atom is -0.297 e. The lowest BCUT2D eigenvalue weighted by atomic mass is 9.96. The molecular weight excluding hydrogens is 318 g/mol. The molecule has 1 saturated heterocycles. The van der Waals surface area contributed by atoms with Gasteiger partial charge in [0.25, 0.3) is 0 Å². The summed E-state index contributed by atoms with van der Waals surface area (Å²) in [6.07, 6.45) is 5.06. The lowest BCUT2D eigenvalue weighted by Gasteiger charge is -2.35. The summed E-state index contributed by atoms with van der Waals surface area (Å²) in [6, 6.07) is 0.431. The number of piperidine rings is 1. The van der Waals surface area contributed by atoms with Crippen LogP contribution >= 0.6 is 11.3 Å². The van der Waals surface area contributed by atoms with Crippen LogP contribution in [-0.4, -0.2) is 55.0 Å². The van der Waals surface area contributed by atoms with Crippen LogP contribution in [0.5, 0.6) is 0 Å². The molecule has 1 aliphatic heterocycles. The van der Waals surface area contributed by atoms with Crippen LogP contribution in [0.15, 0.2) is 6.20 Å². The van der Waals surface area contributed by atoms with Crippen molar-refractivity contribution in [3.05, 3.63) is 16.1 Å². The van der Waals surface area contributed by atoms with E-state index in [1.165, 1.54) is 11.1 Å². The maximum absolute atomic E-state index is 11.6. The van der Waals surface area contributed by atoms with Crippen LogP contribution in [-0.2, 0) is 22.0 Å². The molecule has 1 aliphatic rings. The lowest BCUT2D eigenvalue weighted by Crippen LogP contribution is -2.44. The SMILES string of the molecule is CN(Cc1ncc(C(C)(C)C)s1)C1CCN(S(C)(=O)=O)CC1. The molecule has 0 radical (unpaired) electrons. The smallest absolute Gasteiger partial charge is 0.211 e. The van der Waals surface area contributed by atoms with E-state index in [1.807, 2.05) is 6.20 Å². The molecule has 0 N–H and O–H groups in total. The second kappa shape index (κ2) is 6.55. The van der Waals surface area contributed by atoms with Crippen LogP contribution in [0.4, 0.5) is 0 Å². The van der Waals surface area contributed by atoms with Gasteiger partial charge >= 0.3 is 0 Å². The van der Waals surface area contributed by atoms with Crippen LogP contribution in [0.1, 0.15) is 43.5 Å². The number of nitrogens with zero attached hydrogens (tertiary/aromatic N) is 3. The van der Waals surface area contributed by atoms with E-state index in [9.17, 15) is 8.42 Å². The fourth-order valence-electron chi connectivity index (χ4n) is 2.69. The highest BCUT2D eigenvalue weighted by Gasteiger charge is 2.27. The average Bonchev–Trinajstić information content (AvgIpc) is 2.86. The first kappa shape index (κ1) is 17.8. The Balaban J connectivity index is 1.91. The van der Waals surface area contributed by atoms with Gasteiger partial charge in [0.2, 0.25) is 10.0 Å². The van der Waals surface area contributed by atoms with Gasteiger partial charge in [0.05, 0.1) is 12.8 Å². The molecule has 0 aromatic carbocycles. The molecule has 1 fully saturated rings. The molecular formula is C15H27N3O2S2. The number of hydrogen-bond donors (Lipinski definition) is 0. The third kappa shape index (κ3) is 4.50. The summed E-state index contributed by atoms with van der Waals surface area (Å²) < 4.78 is 24.7. The van der Waals surface area contributed by atoms with E-state index < -0.39 is 10.0 Å². The lowest BCUT2D eigenvalue weighted by molar-refractivity contribution is 0.162. The standard InChI is InChI=1S/C15H27N3O2S2/c1-15(2,3)13-10-16-14(21-13)11-17(4)12-6-8-18(9-7-12)22(5,19)20/h10,12H,6-9,11H2,1-5H3. The van der Waals surface area contributed by atoms with E-state index in [4.69, 9.17) is 0 Å². The number of thiazole rings is 1. The Morgan fingerprint density at radius 3 is 2.41 bits per heavy atom. The zero-order chi connectivity index (χ0) is 16.5. The summed E-state index contributed by atoms with van der Waals surface area (Å²) in [5.74, 6) is 0. The van der Waals surface area contributed by atoms with Crippen LogP contribution in [0.25, 0.3) is 0 Å². The Bertz CT molecular complexity index is 597. The zero-order valence-corrected chi connectivity index (χ0v) is 15.8. The van der Waals surface area contributed by atoms with Crippen molar-refractivity contribution in [2.45, 2.75) is 51.6 Å². The normalized spacial score (nSPS) is 19.0. The van der Waals surface area contributed by atoms with Gasteiger partial charge in [-0.05, 0) is 25.3 Å². The molecule has 1 aromatic rings. The van der Waals surface area contributed by atoms with Crippen LogP contribution < -0.4 is 0 Å². The fourth-order valence-corrected chi connectivity index (χ4v) is 4.60. The Hall–Kier alpha value is -0.500. The van der Waals surface area contributed by atoms with Gasteiger partial charge in [-0.1, -0.05) is 20.8 Å². The number of rotatable bonds is 4. The van der Waals surface area contributed by atoms with Crippen LogP contribution in [0, 0.1) is 0 Å². The predicted molar refractivity (Wildman–Crippen MR) is 91.7 cm³/mol. The Morgan fingerprint density at radius 1 is 1.36 bits per heavy atom. The van der Waals surface area contributed by atoms with Gasteiger partial charge in [0, 0.05) is 30.2 Å². The number of sulfonamides is 1. The van der Waals surface area contributed by atoms with Crippen molar-refractivity contribution in [1.82, 2.24) is 14.2 Å². The quantitative estimate of drug-likeness (QED) is 0.840. The first-order valence-electron chi connectivity index (χ1n) is 7.68. The van der Waals surface area contributed by atoms with Gasteiger partial charge in [0.1, 0.15) is 5.01 Å².